The fourth-order valence-corrected chi connectivity index (χ4v) is 4.21. The molecule has 1 aliphatic carbocycles. The van der Waals surface area contributed by atoms with Crippen LogP contribution in [0.3, 0.4) is 0 Å². The van der Waals surface area contributed by atoms with Crippen molar-refractivity contribution in [2.24, 2.45) is 0 Å². The molecule has 0 bridgehead atoms. The van der Waals surface area contributed by atoms with E-state index in [1.807, 2.05) is 36.9 Å². The zero-order valence-electron chi connectivity index (χ0n) is 13.4. The highest BCUT2D eigenvalue weighted by atomic mass is 32.2. The second-order valence-electron chi connectivity index (χ2n) is 6.26. The van der Waals surface area contributed by atoms with Gasteiger partial charge in [-0.3, -0.25) is 4.79 Å². The average Bonchev–Trinajstić information content (AvgIpc) is 3.19. The van der Waals surface area contributed by atoms with Crippen LogP contribution >= 0.6 is 11.8 Å². The Labute approximate surface area is 140 Å². The summed E-state index contributed by atoms with van der Waals surface area (Å²) in [5.74, 6) is 1.10. The summed E-state index contributed by atoms with van der Waals surface area (Å²) in [5, 5.41) is 9.18. The van der Waals surface area contributed by atoms with Crippen molar-refractivity contribution in [3.05, 3.63) is 35.7 Å². The number of nitrogens with zero attached hydrogens (tertiary/aromatic N) is 4. The van der Waals surface area contributed by atoms with Gasteiger partial charge in [0.1, 0.15) is 5.82 Å². The van der Waals surface area contributed by atoms with Crippen molar-refractivity contribution in [1.29, 1.82) is 0 Å². The predicted molar refractivity (Wildman–Crippen MR) is 90.8 cm³/mol. The SMILES string of the molecule is Cc1nnc(S[C@H](C)C(=O)N2CCc3ccccc32)n1C1CC1. The van der Waals surface area contributed by atoms with Crippen molar-refractivity contribution in [3.8, 4) is 0 Å². The summed E-state index contributed by atoms with van der Waals surface area (Å²) in [6, 6.07) is 8.70. The molecule has 1 atom stereocenters. The maximum absolute atomic E-state index is 12.9. The molecule has 120 valence electrons. The van der Waals surface area contributed by atoms with Gasteiger partial charge in [0, 0.05) is 18.3 Å². The van der Waals surface area contributed by atoms with Gasteiger partial charge in [0.25, 0.3) is 0 Å². The topological polar surface area (TPSA) is 51.0 Å². The second-order valence-corrected chi connectivity index (χ2v) is 7.57. The molecule has 0 unspecified atom stereocenters. The van der Waals surface area contributed by atoms with Crippen molar-refractivity contribution in [2.45, 2.75) is 49.6 Å². The van der Waals surface area contributed by atoms with E-state index in [1.165, 1.54) is 30.2 Å². The minimum absolute atomic E-state index is 0.156. The molecule has 2 aliphatic rings. The number of hydrogen-bond acceptors (Lipinski definition) is 4. The van der Waals surface area contributed by atoms with Gasteiger partial charge in [-0.2, -0.15) is 0 Å². The Morgan fingerprint density at radius 2 is 2.09 bits per heavy atom. The highest BCUT2D eigenvalue weighted by Crippen LogP contribution is 2.39. The maximum atomic E-state index is 12.9. The largest absolute Gasteiger partial charge is 0.311 e. The Hall–Kier alpha value is -1.82. The molecule has 1 aromatic heterocycles. The first-order valence-corrected chi connectivity index (χ1v) is 9.00. The van der Waals surface area contributed by atoms with Gasteiger partial charge in [-0.15, -0.1) is 10.2 Å². The van der Waals surface area contributed by atoms with E-state index < -0.39 is 0 Å². The van der Waals surface area contributed by atoms with Crippen LogP contribution in [0.15, 0.2) is 29.4 Å². The molecule has 1 aromatic carbocycles. The molecular formula is C17H20N4OS. The molecule has 0 N–H and O–H groups in total. The van der Waals surface area contributed by atoms with Gasteiger partial charge in [-0.1, -0.05) is 30.0 Å². The van der Waals surface area contributed by atoms with E-state index in [-0.39, 0.29) is 11.2 Å². The molecule has 2 aromatic rings. The van der Waals surface area contributed by atoms with Gasteiger partial charge in [0.2, 0.25) is 5.91 Å². The Morgan fingerprint density at radius 3 is 2.87 bits per heavy atom. The van der Waals surface area contributed by atoms with E-state index in [0.717, 1.165) is 29.6 Å². The van der Waals surface area contributed by atoms with Crippen molar-refractivity contribution < 1.29 is 4.79 Å². The van der Waals surface area contributed by atoms with Gasteiger partial charge < -0.3 is 9.47 Å². The summed E-state index contributed by atoms with van der Waals surface area (Å²) < 4.78 is 2.19. The number of anilines is 1. The van der Waals surface area contributed by atoms with Crippen LogP contribution in [0, 0.1) is 6.92 Å². The highest BCUT2D eigenvalue weighted by molar-refractivity contribution is 8.00. The zero-order chi connectivity index (χ0) is 16.0. The first-order valence-electron chi connectivity index (χ1n) is 8.12. The molecule has 0 saturated heterocycles. The highest BCUT2D eigenvalue weighted by Gasteiger charge is 2.32. The Bertz CT molecular complexity index is 753. The van der Waals surface area contributed by atoms with E-state index in [9.17, 15) is 4.79 Å². The van der Waals surface area contributed by atoms with Gasteiger partial charge in [0.15, 0.2) is 5.16 Å². The summed E-state index contributed by atoms with van der Waals surface area (Å²) in [7, 11) is 0. The fourth-order valence-electron chi connectivity index (χ4n) is 3.18. The molecule has 23 heavy (non-hydrogen) atoms. The lowest BCUT2D eigenvalue weighted by Gasteiger charge is -2.21. The van der Waals surface area contributed by atoms with E-state index in [4.69, 9.17) is 0 Å². The third kappa shape index (κ3) is 2.65. The lowest BCUT2D eigenvalue weighted by molar-refractivity contribution is -0.117. The molecule has 2 heterocycles. The number of fused-ring (bicyclic) bond motifs is 1. The molecule has 1 aliphatic heterocycles. The number of carbonyl (C=O) groups excluding carboxylic acids is 1. The average molecular weight is 328 g/mol. The van der Waals surface area contributed by atoms with Crippen LogP contribution in [0.1, 0.15) is 37.2 Å². The number of hydrogen-bond donors (Lipinski definition) is 0. The standard InChI is InChI=1S/C17H20N4OS/c1-11(23-17-19-18-12(2)21(17)14-7-8-14)16(22)20-10-9-13-5-3-4-6-15(13)20/h3-6,11,14H,7-10H2,1-2H3/t11-/m1/s1. The summed E-state index contributed by atoms with van der Waals surface area (Å²) >= 11 is 1.53. The number of aromatic nitrogens is 3. The minimum atomic E-state index is -0.165. The van der Waals surface area contributed by atoms with Crippen molar-refractivity contribution >= 4 is 23.4 Å². The summed E-state index contributed by atoms with van der Waals surface area (Å²) in [6.45, 7) is 4.73. The predicted octanol–water partition coefficient (Wildman–Crippen LogP) is 2.99. The first-order chi connectivity index (χ1) is 11.1. The number of carbonyl (C=O) groups is 1. The number of para-hydroxylation sites is 1. The Kier molecular flexibility index (Phi) is 3.64. The molecule has 1 saturated carbocycles. The normalized spacial score (nSPS) is 18.1. The third-order valence-corrected chi connectivity index (χ3v) is 5.57. The van der Waals surface area contributed by atoms with Gasteiger partial charge in [-0.05, 0) is 44.7 Å². The summed E-state index contributed by atoms with van der Waals surface area (Å²) in [4.78, 5) is 14.8. The van der Waals surface area contributed by atoms with Crippen LogP contribution < -0.4 is 4.90 Å². The molecule has 0 spiro atoms. The van der Waals surface area contributed by atoms with Crippen LogP contribution in [0.4, 0.5) is 5.69 Å². The molecule has 5 nitrogen and oxygen atoms in total. The number of amides is 1. The van der Waals surface area contributed by atoms with Gasteiger partial charge >= 0.3 is 0 Å². The number of thioether (sulfide) groups is 1. The Balaban J connectivity index is 1.52. The smallest absolute Gasteiger partial charge is 0.240 e. The fraction of sp³-hybridized carbons (Fsp3) is 0.471. The van der Waals surface area contributed by atoms with Crippen molar-refractivity contribution in [1.82, 2.24) is 14.8 Å². The van der Waals surface area contributed by atoms with Gasteiger partial charge in [-0.25, -0.2) is 0 Å². The minimum Gasteiger partial charge on any atom is -0.311 e. The monoisotopic (exact) mass is 328 g/mol. The van der Waals surface area contributed by atoms with Crippen molar-refractivity contribution in [3.63, 3.8) is 0 Å². The van der Waals surface area contributed by atoms with E-state index in [2.05, 4.69) is 20.8 Å². The number of aryl methyl sites for hydroxylation is 1. The van der Waals surface area contributed by atoms with Crippen LogP contribution in [-0.2, 0) is 11.2 Å². The molecular weight excluding hydrogens is 308 g/mol. The van der Waals surface area contributed by atoms with Crippen LogP contribution in [0.5, 0.6) is 0 Å². The summed E-state index contributed by atoms with van der Waals surface area (Å²) in [5.41, 5.74) is 2.32. The van der Waals surface area contributed by atoms with E-state index in [0.29, 0.717) is 6.04 Å². The van der Waals surface area contributed by atoms with Gasteiger partial charge in [0.05, 0.1) is 5.25 Å². The van der Waals surface area contributed by atoms with Crippen molar-refractivity contribution in [2.75, 3.05) is 11.4 Å². The zero-order valence-corrected chi connectivity index (χ0v) is 14.2. The lowest BCUT2D eigenvalue weighted by atomic mass is 10.2. The van der Waals surface area contributed by atoms with Crippen LogP contribution in [-0.4, -0.2) is 32.5 Å². The maximum Gasteiger partial charge on any atom is 0.240 e. The summed E-state index contributed by atoms with van der Waals surface area (Å²) in [6.07, 6.45) is 3.32. The number of benzene rings is 1. The third-order valence-electron chi connectivity index (χ3n) is 4.53. The van der Waals surface area contributed by atoms with Crippen LogP contribution in [0.25, 0.3) is 0 Å². The molecule has 0 radical (unpaired) electrons. The van der Waals surface area contributed by atoms with E-state index in [1.54, 1.807) is 0 Å². The first kappa shape index (κ1) is 14.8. The molecule has 6 heteroatoms. The molecule has 4 rings (SSSR count). The molecule has 1 amide bonds. The quantitative estimate of drug-likeness (QED) is 0.810. The lowest BCUT2D eigenvalue weighted by Crippen LogP contribution is -2.35. The number of rotatable bonds is 4. The second kappa shape index (κ2) is 5.67. The van der Waals surface area contributed by atoms with E-state index >= 15 is 0 Å². The Morgan fingerprint density at radius 1 is 1.30 bits per heavy atom. The molecule has 1 fully saturated rings. The van der Waals surface area contributed by atoms with Crippen LogP contribution in [0.2, 0.25) is 0 Å².